The summed E-state index contributed by atoms with van der Waals surface area (Å²) in [5, 5.41) is 24.7. The molecule has 1 aromatic rings. The highest BCUT2D eigenvalue weighted by atomic mass is 19.1. The molecule has 8 nitrogen and oxygen atoms in total. The van der Waals surface area contributed by atoms with Crippen LogP contribution in [0.2, 0.25) is 0 Å². The maximum atomic E-state index is 13.5. The van der Waals surface area contributed by atoms with Gasteiger partial charge < -0.3 is 15.7 Å². The molecule has 1 aromatic carbocycles. The van der Waals surface area contributed by atoms with Crippen LogP contribution in [0, 0.1) is 15.9 Å². The summed E-state index contributed by atoms with van der Waals surface area (Å²) >= 11 is 0. The molecule has 0 radical (unpaired) electrons. The lowest BCUT2D eigenvalue weighted by atomic mass is 10.1. The number of benzene rings is 1. The number of nitro groups is 1. The molecule has 114 valence electrons. The van der Waals surface area contributed by atoms with Crippen molar-refractivity contribution in [1.82, 2.24) is 5.32 Å². The minimum Gasteiger partial charge on any atom is -0.478 e. The summed E-state index contributed by atoms with van der Waals surface area (Å²) in [7, 11) is 0. The number of nitro benzene ring substituents is 1. The number of carboxylic acids is 1. The third kappa shape index (κ3) is 4.41. The summed E-state index contributed by atoms with van der Waals surface area (Å²) < 4.78 is 13.5. The highest BCUT2D eigenvalue weighted by molar-refractivity contribution is 5.90. The van der Waals surface area contributed by atoms with Gasteiger partial charge in [-0.3, -0.25) is 14.9 Å². The Bertz CT molecular complexity index is 576. The fourth-order valence-electron chi connectivity index (χ4n) is 1.61. The number of amides is 1. The fourth-order valence-corrected chi connectivity index (χ4v) is 1.61. The minimum absolute atomic E-state index is 0.0489. The molecule has 3 N–H and O–H groups in total. The number of hydrogen-bond donors (Lipinski definition) is 3. The van der Waals surface area contributed by atoms with E-state index in [1.54, 1.807) is 6.92 Å². The van der Waals surface area contributed by atoms with E-state index in [9.17, 15) is 24.1 Å². The number of nitrogens with zero attached hydrogens (tertiary/aromatic N) is 1. The third-order valence-corrected chi connectivity index (χ3v) is 2.55. The molecule has 21 heavy (non-hydrogen) atoms. The molecule has 0 saturated carbocycles. The molecule has 0 unspecified atom stereocenters. The molecule has 0 saturated heterocycles. The predicted octanol–water partition coefficient (Wildman–Crippen LogP) is 1.37. The van der Waals surface area contributed by atoms with Crippen LogP contribution in [0.1, 0.15) is 23.7 Å². The molecule has 0 atom stereocenters. The first-order valence-corrected chi connectivity index (χ1v) is 6.08. The Morgan fingerprint density at radius 3 is 2.62 bits per heavy atom. The SMILES string of the molecule is CCNC(=O)CCNc1cc(F)c(C(=O)O)cc1[N+](=O)[O-]. The third-order valence-electron chi connectivity index (χ3n) is 2.55. The number of aromatic carboxylic acids is 1. The second-order valence-corrected chi connectivity index (χ2v) is 4.04. The summed E-state index contributed by atoms with van der Waals surface area (Å²) in [5.41, 5.74) is -1.52. The number of carboxylic acid groups (broad SMARTS) is 1. The Morgan fingerprint density at radius 2 is 2.10 bits per heavy atom. The van der Waals surface area contributed by atoms with Gasteiger partial charge in [0.05, 0.1) is 4.92 Å². The lowest BCUT2D eigenvalue weighted by Gasteiger charge is -2.08. The average molecular weight is 299 g/mol. The molecule has 0 bridgehead atoms. The van der Waals surface area contributed by atoms with Gasteiger partial charge in [0, 0.05) is 31.6 Å². The molecule has 1 amide bonds. The van der Waals surface area contributed by atoms with Crippen LogP contribution in [0.15, 0.2) is 12.1 Å². The monoisotopic (exact) mass is 299 g/mol. The largest absolute Gasteiger partial charge is 0.478 e. The van der Waals surface area contributed by atoms with Crippen molar-refractivity contribution in [3.63, 3.8) is 0 Å². The normalized spacial score (nSPS) is 10.0. The van der Waals surface area contributed by atoms with Crippen LogP contribution in [0.4, 0.5) is 15.8 Å². The van der Waals surface area contributed by atoms with Crippen LogP contribution in [-0.2, 0) is 4.79 Å². The van der Waals surface area contributed by atoms with Gasteiger partial charge in [0.15, 0.2) is 0 Å². The number of carbonyl (C=O) groups is 2. The van der Waals surface area contributed by atoms with E-state index in [2.05, 4.69) is 10.6 Å². The summed E-state index contributed by atoms with van der Waals surface area (Å²) in [5.74, 6) is -2.94. The zero-order valence-electron chi connectivity index (χ0n) is 11.2. The first-order chi connectivity index (χ1) is 9.86. The summed E-state index contributed by atoms with van der Waals surface area (Å²) in [4.78, 5) is 32.0. The van der Waals surface area contributed by atoms with Crippen molar-refractivity contribution in [1.29, 1.82) is 0 Å². The number of nitrogens with one attached hydrogen (secondary N) is 2. The van der Waals surface area contributed by atoms with Gasteiger partial charge in [0.1, 0.15) is 17.1 Å². The van der Waals surface area contributed by atoms with Crippen molar-refractivity contribution in [3.05, 3.63) is 33.6 Å². The van der Waals surface area contributed by atoms with Crippen molar-refractivity contribution < 1.29 is 24.0 Å². The molecule has 0 fully saturated rings. The average Bonchev–Trinajstić information content (AvgIpc) is 2.38. The van der Waals surface area contributed by atoms with Crippen molar-refractivity contribution >= 4 is 23.3 Å². The number of halogens is 1. The fraction of sp³-hybridized carbons (Fsp3) is 0.333. The van der Waals surface area contributed by atoms with Crippen LogP contribution in [-0.4, -0.2) is 35.0 Å². The Balaban J connectivity index is 2.91. The zero-order chi connectivity index (χ0) is 16.0. The van der Waals surface area contributed by atoms with Gasteiger partial charge >= 0.3 is 5.97 Å². The molecule has 0 aromatic heterocycles. The van der Waals surface area contributed by atoms with E-state index in [-0.39, 0.29) is 24.6 Å². The summed E-state index contributed by atoms with van der Waals surface area (Å²) in [6, 6.07) is 1.38. The molecular weight excluding hydrogens is 285 g/mol. The molecule has 0 spiro atoms. The Kier molecular flexibility index (Phi) is 5.58. The van der Waals surface area contributed by atoms with Crippen LogP contribution in [0.25, 0.3) is 0 Å². The van der Waals surface area contributed by atoms with Gasteiger partial charge in [0.25, 0.3) is 5.69 Å². The molecule has 0 aliphatic heterocycles. The van der Waals surface area contributed by atoms with E-state index in [1.165, 1.54) is 0 Å². The van der Waals surface area contributed by atoms with Crippen molar-refractivity contribution in [3.8, 4) is 0 Å². The van der Waals surface area contributed by atoms with E-state index < -0.39 is 28.0 Å². The Morgan fingerprint density at radius 1 is 1.43 bits per heavy atom. The number of hydrogen-bond acceptors (Lipinski definition) is 5. The number of anilines is 1. The summed E-state index contributed by atoms with van der Waals surface area (Å²) in [6.07, 6.45) is 0.0489. The molecular formula is C12H14FN3O5. The van der Waals surface area contributed by atoms with E-state index in [4.69, 9.17) is 5.11 Å². The lowest BCUT2D eigenvalue weighted by molar-refractivity contribution is -0.384. The highest BCUT2D eigenvalue weighted by Gasteiger charge is 2.21. The van der Waals surface area contributed by atoms with Gasteiger partial charge in [-0.25, -0.2) is 9.18 Å². The predicted molar refractivity (Wildman–Crippen MR) is 71.8 cm³/mol. The Hall–Kier alpha value is -2.71. The second-order valence-electron chi connectivity index (χ2n) is 4.04. The van der Waals surface area contributed by atoms with Gasteiger partial charge in [0.2, 0.25) is 5.91 Å². The molecule has 9 heteroatoms. The second kappa shape index (κ2) is 7.17. The van der Waals surface area contributed by atoms with E-state index in [1.807, 2.05) is 0 Å². The standard InChI is InChI=1S/C12H14FN3O5/c1-2-14-11(17)3-4-15-9-6-8(13)7(12(18)19)5-10(9)16(20)21/h5-6,15H,2-4H2,1H3,(H,14,17)(H,18,19). The highest BCUT2D eigenvalue weighted by Crippen LogP contribution is 2.27. The topological polar surface area (TPSA) is 122 Å². The van der Waals surface area contributed by atoms with Crippen molar-refractivity contribution in [2.75, 3.05) is 18.4 Å². The molecule has 0 heterocycles. The molecule has 0 aliphatic rings. The van der Waals surface area contributed by atoms with Crippen LogP contribution < -0.4 is 10.6 Å². The maximum absolute atomic E-state index is 13.5. The molecule has 0 aliphatic carbocycles. The minimum atomic E-state index is -1.59. The lowest BCUT2D eigenvalue weighted by Crippen LogP contribution is -2.24. The first-order valence-electron chi connectivity index (χ1n) is 6.08. The molecule has 1 rings (SSSR count). The van der Waals surface area contributed by atoms with E-state index >= 15 is 0 Å². The van der Waals surface area contributed by atoms with Gasteiger partial charge in [-0.1, -0.05) is 0 Å². The van der Waals surface area contributed by atoms with E-state index in [0.717, 1.165) is 6.07 Å². The van der Waals surface area contributed by atoms with Crippen molar-refractivity contribution in [2.45, 2.75) is 13.3 Å². The van der Waals surface area contributed by atoms with Crippen LogP contribution >= 0.6 is 0 Å². The number of rotatable bonds is 7. The Labute approximate surface area is 119 Å². The van der Waals surface area contributed by atoms with Gasteiger partial charge in [-0.15, -0.1) is 0 Å². The van der Waals surface area contributed by atoms with E-state index in [0.29, 0.717) is 12.6 Å². The summed E-state index contributed by atoms with van der Waals surface area (Å²) in [6.45, 7) is 2.26. The van der Waals surface area contributed by atoms with Gasteiger partial charge in [-0.2, -0.15) is 0 Å². The first kappa shape index (κ1) is 16.3. The van der Waals surface area contributed by atoms with Crippen LogP contribution in [0.5, 0.6) is 0 Å². The van der Waals surface area contributed by atoms with Crippen molar-refractivity contribution in [2.24, 2.45) is 0 Å². The maximum Gasteiger partial charge on any atom is 0.338 e. The zero-order valence-corrected chi connectivity index (χ0v) is 11.2. The number of carbonyl (C=O) groups excluding carboxylic acids is 1. The smallest absolute Gasteiger partial charge is 0.338 e. The van der Waals surface area contributed by atoms with Gasteiger partial charge in [-0.05, 0) is 6.92 Å². The quantitative estimate of drug-likeness (QED) is 0.516. The van der Waals surface area contributed by atoms with Crippen LogP contribution in [0.3, 0.4) is 0 Å².